The lowest BCUT2D eigenvalue weighted by molar-refractivity contribution is 0.262. The number of hydrogen-bond acceptors (Lipinski definition) is 8. The van der Waals surface area contributed by atoms with Gasteiger partial charge in [0, 0.05) is 38.7 Å². The molecule has 1 aliphatic rings. The number of urea groups is 1. The number of benzene rings is 2. The summed E-state index contributed by atoms with van der Waals surface area (Å²) in [5.41, 5.74) is 6.06. The van der Waals surface area contributed by atoms with E-state index < -0.39 is 0 Å². The van der Waals surface area contributed by atoms with Crippen LogP contribution in [-0.2, 0) is 0 Å². The fraction of sp³-hybridized carbons (Fsp3) is 0.333. The van der Waals surface area contributed by atoms with Gasteiger partial charge in [0.2, 0.25) is 11.8 Å². The maximum absolute atomic E-state index is 13.2. The van der Waals surface area contributed by atoms with E-state index in [-0.39, 0.29) is 6.03 Å². The van der Waals surface area contributed by atoms with Crippen LogP contribution in [0, 0.1) is 6.92 Å². The molecule has 10 nitrogen and oxygen atoms in total. The highest BCUT2D eigenvalue weighted by molar-refractivity contribution is 6.02. The number of hydrogen-bond donors (Lipinski definition) is 3. The highest BCUT2D eigenvalue weighted by Crippen LogP contribution is 2.42. The van der Waals surface area contributed by atoms with E-state index >= 15 is 0 Å². The number of amides is 2. The number of anilines is 4. The molecule has 1 aliphatic carbocycles. The first-order valence-corrected chi connectivity index (χ1v) is 14.6. The smallest absolute Gasteiger partial charge is 0.323 e. The van der Waals surface area contributed by atoms with Gasteiger partial charge in [0.15, 0.2) is 0 Å². The zero-order chi connectivity index (χ0) is 30.3. The van der Waals surface area contributed by atoms with Crippen molar-refractivity contribution in [3.8, 4) is 22.9 Å². The maximum Gasteiger partial charge on any atom is 0.323 e. The van der Waals surface area contributed by atoms with Gasteiger partial charge in [0.1, 0.15) is 5.75 Å². The molecule has 2 heterocycles. The third kappa shape index (κ3) is 7.78. The Hall–Kier alpha value is -4.70. The van der Waals surface area contributed by atoms with Crippen LogP contribution in [0.5, 0.6) is 11.6 Å². The molecule has 224 valence electrons. The molecule has 0 unspecified atom stereocenters. The monoisotopic (exact) mass is 580 g/mol. The number of aromatic nitrogens is 3. The first-order chi connectivity index (χ1) is 20.8. The van der Waals surface area contributed by atoms with Gasteiger partial charge in [-0.2, -0.15) is 0 Å². The lowest BCUT2D eigenvalue weighted by atomic mass is 10.1. The predicted octanol–water partition coefficient (Wildman–Crippen LogP) is 6.59. The minimum absolute atomic E-state index is 0.292. The molecule has 3 N–H and O–H groups in total. The van der Waals surface area contributed by atoms with Crippen molar-refractivity contribution in [1.82, 2.24) is 19.9 Å². The molecular weight excluding hydrogens is 540 g/mol. The molecule has 5 rings (SSSR count). The highest BCUT2D eigenvalue weighted by Gasteiger charge is 2.25. The van der Waals surface area contributed by atoms with Crippen molar-refractivity contribution in [2.75, 3.05) is 62.1 Å². The molecule has 0 radical (unpaired) electrons. The topological polar surface area (TPSA) is 108 Å². The largest absolute Gasteiger partial charge is 0.438 e. The predicted molar refractivity (Wildman–Crippen MR) is 174 cm³/mol. The summed E-state index contributed by atoms with van der Waals surface area (Å²) in [6.07, 6.45) is 6.81. The molecule has 2 aromatic heterocycles. The number of nitrogens with one attached hydrogen (secondary N) is 3. The average Bonchev–Trinajstić information content (AvgIpc) is 3.84. The Balaban J connectivity index is 1.28. The molecule has 4 aromatic rings. The van der Waals surface area contributed by atoms with Crippen molar-refractivity contribution in [2.24, 2.45) is 0 Å². The SMILES string of the molecule is CNc1nccc(-c2cccnc2Oc2ccc(NC(=O)Nc3cc(C4CC4)ccc3N(C)CCCN(C)C)cc2C)n1. The van der Waals surface area contributed by atoms with E-state index in [1.807, 2.05) is 43.3 Å². The van der Waals surface area contributed by atoms with Gasteiger partial charge in [-0.3, -0.25) is 0 Å². The molecule has 2 aromatic carbocycles. The molecule has 10 heteroatoms. The quantitative estimate of drug-likeness (QED) is 0.172. The minimum atomic E-state index is -0.292. The van der Waals surface area contributed by atoms with Crippen LogP contribution in [0.2, 0.25) is 0 Å². The molecule has 2 amide bonds. The van der Waals surface area contributed by atoms with E-state index in [1.54, 1.807) is 19.4 Å². The Morgan fingerprint density at radius 2 is 1.81 bits per heavy atom. The lowest BCUT2D eigenvalue weighted by Gasteiger charge is -2.24. The molecule has 1 fully saturated rings. The Morgan fingerprint density at radius 1 is 0.977 bits per heavy atom. The van der Waals surface area contributed by atoms with Crippen molar-refractivity contribution < 1.29 is 9.53 Å². The van der Waals surface area contributed by atoms with E-state index in [1.165, 1.54) is 18.4 Å². The molecule has 0 aliphatic heterocycles. The molecule has 1 saturated carbocycles. The van der Waals surface area contributed by atoms with Gasteiger partial charge in [-0.15, -0.1) is 0 Å². The number of ether oxygens (including phenoxy) is 1. The standard InChI is InChI=1S/C33H40N8O2/c1-22-20-25(12-14-30(22)43-31-26(8-6-16-35-31)27-15-17-36-32(34-2)38-27)37-33(42)39-28-21-24(23-9-10-23)11-13-29(28)41(5)19-7-18-40(3)4/h6,8,11-17,20-21,23H,7,9-10,18-19H2,1-5H3,(H,34,36,38)(H2,37,39,42). The Kier molecular flexibility index (Phi) is 9.36. The second-order valence-electron chi connectivity index (χ2n) is 11.2. The van der Waals surface area contributed by atoms with Crippen LogP contribution in [0.4, 0.5) is 27.8 Å². The van der Waals surface area contributed by atoms with Crippen molar-refractivity contribution in [1.29, 1.82) is 0 Å². The van der Waals surface area contributed by atoms with Crippen LogP contribution in [0.1, 0.15) is 36.3 Å². The van der Waals surface area contributed by atoms with Crippen LogP contribution in [-0.4, -0.2) is 67.2 Å². The summed E-state index contributed by atoms with van der Waals surface area (Å²) in [6.45, 7) is 3.83. The van der Waals surface area contributed by atoms with Crippen LogP contribution in [0.25, 0.3) is 11.3 Å². The third-order valence-electron chi connectivity index (χ3n) is 7.39. The van der Waals surface area contributed by atoms with Crippen LogP contribution in [0.15, 0.2) is 67.0 Å². The number of aryl methyl sites for hydroxylation is 1. The van der Waals surface area contributed by atoms with Crippen LogP contribution >= 0.6 is 0 Å². The van der Waals surface area contributed by atoms with Crippen molar-refractivity contribution in [3.05, 3.63) is 78.1 Å². The summed E-state index contributed by atoms with van der Waals surface area (Å²) >= 11 is 0. The summed E-state index contributed by atoms with van der Waals surface area (Å²) in [7, 11) is 8.01. The Bertz CT molecular complexity index is 1570. The van der Waals surface area contributed by atoms with Gasteiger partial charge < -0.3 is 30.5 Å². The fourth-order valence-corrected chi connectivity index (χ4v) is 4.93. The number of rotatable bonds is 12. The first kappa shape index (κ1) is 29.8. The molecular formula is C33H40N8O2. The van der Waals surface area contributed by atoms with Crippen molar-refractivity contribution >= 4 is 29.0 Å². The average molecular weight is 581 g/mol. The van der Waals surface area contributed by atoms with Gasteiger partial charge >= 0.3 is 6.03 Å². The zero-order valence-corrected chi connectivity index (χ0v) is 25.5. The molecule has 0 saturated heterocycles. The Labute approximate surface area is 253 Å². The van der Waals surface area contributed by atoms with E-state index in [0.717, 1.165) is 42.0 Å². The second-order valence-corrected chi connectivity index (χ2v) is 11.2. The summed E-state index contributed by atoms with van der Waals surface area (Å²) in [6, 6.07) is 17.3. The van der Waals surface area contributed by atoms with Crippen molar-refractivity contribution in [2.45, 2.75) is 32.1 Å². The van der Waals surface area contributed by atoms with Crippen molar-refractivity contribution in [3.63, 3.8) is 0 Å². The van der Waals surface area contributed by atoms with E-state index in [4.69, 9.17) is 4.74 Å². The maximum atomic E-state index is 13.2. The number of carbonyl (C=O) groups is 1. The molecule has 0 spiro atoms. The van der Waals surface area contributed by atoms with Crippen LogP contribution < -0.4 is 25.6 Å². The Morgan fingerprint density at radius 3 is 2.56 bits per heavy atom. The van der Waals surface area contributed by atoms with Gasteiger partial charge in [-0.1, -0.05) is 6.07 Å². The molecule has 43 heavy (non-hydrogen) atoms. The second kappa shape index (κ2) is 13.5. The third-order valence-corrected chi connectivity index (χ3v) is 7.39. The number of nitrogens with zero attached hydrogens (tertiary/aromatic N) is 5. The summed E-state index contributed by atoms with van der Waals surface area (Å²) in [4.78, 5) is 30.7. The van der Waals surface area contributed by atoms with E-state index in [9.17, 15) is 4.79 Å². The normalized spacial score (nSPS) is 12.6. The van der Waals surface area contributed by atoms with E-state index in [2.05, 4.69) is 80.0 Å². The van der Waals surface area contributed by atoms with Gasteiger partial charge in [0.25, 0.3) is 0 Å². The first-order valence-electron chi connectivity index (χ1n) is 14.6. The lowest BCUT2D eigenvalue weighted by Crippen LogP contribution is -2.26. The fourth-order valence-electron chi connectivity index (χ4n) is 4.93. The summed E-state index contributed by atoms with van der Waals surface area (Å²) in [5, 5.41) is 9.06. The van der Waals surface area contributed by atoms with Gasteiger partial charge in [-0.25, -0.2) is 19.7 Å². The minimum Gasteiger partial charge on any atom is -0.438 e. The highest BCUT2D eigenvalue weighted by atomic mass is 16.5. The summed E-state index contributed by atoms with van der Waals surface area (Å²) in [5.74, 6) is 2.17. The van der Waals surface area contributed by atoms with Crippen LogP contribution in [0.3, 0.4) is 0 Å². The number of carbonyl (C=O) groups excluding carboxylic acids is 1. The van der Waals surface area contributed by atoms with Gasteiger partial charge in [0.05, 0.1) is 22.6 Å². The summed E-state index contributed by atoms with van der Waals surface area (Å²) < 4.78 is 6.23. The zero-order valence-electron chi connectivity index (χ0n) is 25.5. The molecule has 0 bridgehead atoms. The van der Waals surface area contributed by atoms with E-state index in [0.29, 0.717) is 34.9 Å². The molecule has 0 atom stereocenters. The van der Waals surface area contributed by atoms with Gasteiger partial charge in [-0.05, 0) is 112 Å². The number of pyridine rings is 1.